The first-order valence-electron chi connectivity index (χ1n) is 15.1. The number of carbonyl (C=O) groups excluding carboxylic acids is 3. The molecule has 2 saturated heterocycles. The molecular formula is C33H34N5O7PS. The van der Waals surface area contributed by atoms with Crippen LogP contribution in [0.25, 0.3) is 10.2 Å². The van der Waals surface area contributed by atoms with Crippen molar-refractivity contribution in [3.63, 3.8) is 0 Å². The molecule has 0 unspecified atom stereocenters. The largest absolute Gasteiger partial charge is 0.524 e. The molecule has 2 atom stereocenters. The fourth-order valence-electron chi connectivity index (χ4n) is 6.24. The number of phosphoric ester groups is 1. The number of thiazole rings is 1. The van der Waals surface area contributed by atoms with Crippen LogP contribution in [0.15, 0.2) is 91.0 Å². The van der Waals surface area contributed by atoms with Crippen molar-refractivity contribution >= 4 is 47.1 Å². The smallest absolute Gasteiger partial charge is 0.404 e. The fraction of sp³-hybridized carbons (Fsp3) is 0.273. The van der Waals surface area contributed by atoms with Crippen molar-refractivity contribution in [3.8, 4) is 5.75 Å². The Kier molecular flexibility index (Phi) is 9.53. The minimum absolute atomic E-state index is 0.0304. The zero-order chi connectivity index (χ0) is 33.1. The average Bonchev–Trinajstić information content (AvgIpc) is 3.53. The summed E-state index contributed by atoms with van der Waals surface area (Å²) in [6.07, 6.45) is 1.71. The molecule has 2 aliphatic heterocycles. The Labute approximate surface area is 275 Å². The molecule has 3 amide bonds. The van der Waals surface area contributed by atoms with Gasteiger partial charge >= 0.3 is 7.82 Å². The number of aromatic nitrogens is 1. The molecule has 0 bridgehead atoms. The van der Waals surface area contributed by atoms with Crippen LogP contribution in [0.4, 0.5) is 0 Å². The first-order chi connectivity index (χ1) is 22.6. The molecule has 0 spiro atoms. The van der Waals surface area contributed by atoms with E-state index in [0.717, 1.165) is 21.3 Å². The molecule has 0 aliphatic carbocycles. The van der Waals surface area contributed by atoms with Crippen LogP contribution >= 0.6 is 19.2 Å². The topological polar surface area (TPSA) is 144 Å². The Hall–Kier alpha value is -4.39. The summed E-state index contributed by atoms with van der Waals surface area (Å²) in [5, 5.41) is 3.32. The average molecular weight is 676 g/mol. The number of nitrogens with zero attached hydrogens (tertiary/aromatic N) is 5. The maximum atomic E-state index is 14.3. The van der Waals surface area contributed by atoms with E-state index >= 15 is 0 Å². The SMILES string of the molecule is C=CCN1CC(=O)N2[C@@H](Cc3ccc(OP(=O)(O)O)cc3)C(=O)N(Cc3cccc4scnc34)C[C@@H]2N1C(=O)CCc1ccccc1. The molecule has 0 saturated carbocycles. The molecule has 2 aliphatic rings. The highest BCUT2D eigenvalue weighted by Gasteiger charge is 2.51. The lowest BCUT2D eigenvalue weighted by atomic mass is 9.98. The van der Waals surface area contributed by atoms with Crippen LogP contribution in [0.2, 0.25) is 0 Å². The lowest BCUT2D eigenvalue weighted by Gasteiger charge is -2.55. The number of benzene rings is 3. The maximum absolute atomic E-state index is 14.3. The molecule has 1 aromatic heterocycles. The minimum atomic E-state index is -4.75. The third-order valence-electron chi connectivity index (χ3n) is 8.28. The molecule has 4 aromatic rings. The quantitative estimate of drug-likeness (QED) is 0.180. The van der Waals surface area contributed by atoms with Gasteiger partial charge in [-0.2, -0.15) is 0 Å². The van der Waals surface area contributed by atoms with E-state index in [1.54, 1.807) is 38.6 Å². The van der Waals surface area contributed by atoms with E-state index in [1.165, 1.54) is 28.4 Å². The first kappa shape index (κ1) is 32.5. The van der Waals surface area contributed by atoms with Gasteiger partial charge in [0.05, 0.1) is 28.8 Å². The summed E-state index contributed by atoms with van der Waals surface area (Å²) >= 11 is 1.51. The predicted molar refractivity (Wildman–Crippen MR) is 176 cm³/mol. The normalized spacial score (nSPS) is 18.8. The summed E-state index contributed by atoms with van der Waals surface area (Å²) in [5.74, 6) is -0.764. The van der Waals surface area contributed by atoms with Gasteiger partial charge < -0.3 is 14.3 Å². The molecular weight excluding hydrogens is 641 g/mol. The minimum Gasteiger partial charge on any atom is -0.404 e. The molecule has 47 heavy (non-hydrogen) atoms. The van der Waals surface area contributed by atoms with E-state index in [-0.39, 0.29) is 62.5 Å². The Morgan fingerprint density at radius 2 is 1.81 bits per heavy atom. The Morgan fingerprint density at radius 3 is 2.53 bits per heavy atom. The highest BCUT2D eigenvalue weighted by atomic mass is 32.1. The van der Waals surface area contributed by atoms with Crippen LogP contribution in [0.5, 0.6) is 5.75 Å². The summed E-state index contributed by atoms with van der Waals surface area (Å²) < 4.78 is 17.0. The van der Waals surface area contributed by atoms with Crippen LogP contribution in [0.3, 0.4) is 0 Å². The Morgan fingerprint density at radius 1 is 1.04 bits per heavy atom. The number of fused-ring (bicyclic) bond motifs is 2. The zero-order valence-corrected chi connectivity index (χ0v) is 27.1. The van der Waals surface area contributed by atoms with E-state index in [1.807, 2.05) is 48.5 Å². The van der Waals surface area contributed by atoms with Crippen molar-refractivity contribution in [2.45, 2.75) is 38.0 Å². The fourth-order valence-corrected chi connectivity index (χ4v) is 7.36. The third-order valence-corrected chi connectivity index (χ3v) is 9.52. The third kappa shape index (κ3) is 7.29. The van der Waals surface area contributed by atoms with Gasteiger partial charge in [-0.1, -0.05) is 60.7 Å². The second kappa shape index (κ2) is 13.8. The Balaban J connectivity index is 1.35. The van der Waals surface area contributed by atoms with Gasteiger partial charge in [0.25, 0.3) is 0 Å². The number of para-hydroxylation sites is 1. The lowest BCUT2D eigenvalue weighted by molar-refractivity contribution is -0.205. The van der Waals surface area contributed by atoms with E-state index in [2.05, 4.69) is 16.1 Å². The number of hydrogen-bond acceptors (Lipinski definition) is 8. The molecule has 14 heteroatoms. The molecule has 2 fully saturated rings. The first-order valence-corrected chi connectivity index (χ1v) is 17.5. The van der Waals surface area contributed by atoms with Crippen LogP contribution in [-0.2, 0) is 38.3 Å². The number of phosphoric acid groups is 1. The zero-order valence-electron chi connectivity index (χ0n) is 25.4. The van der Waals surface area contributed by atoms with Gasteiger partial charge in [0, 0.05) is 25.9 Å². The molecule has 6 rings (SSSR count). The van der Waals surface area contributed by atoms with Crippen LogP contribution in [0, 0.1) is 0 Å². The summed E-state index contributed by atoms with van der Waals surface area (Å²) in [6, 6.07) is 20.6. The maximum Gasteiger partial charge on any atom is 0.524 e. The second-order valence-corrected chi connectivity index (χ2v) is 13.5. The van der Waals surface area contributed by atoms with Gasteiger partial charge in [0.1, 0.15) is 18.0 Å². The lowest BCUT2D eigenvalue weighted by Crippen LogP contribution is -2.75. The van der Waals surface area contributed by atoms with Gasteiger partial charge in [-0.05, 0) is 41.3 Å². The van der Waals surface area contributed by atoms with Crippen LogP contribution in [0.1, 0.15) is 23.1 Å². The van der Waals surface area contributed by atoms with Crippen molar-refractivity contribution < 1.29 is 33.3 Å². The van der Waals surface area contributed by atoms with Gasteiger partial charge in [0.15, 0.2) is 0 Å². The van der Waals surface area contributed by atoms with Crippen molar-refractivity contribution in [2.24, 2.45) is 0 Å². The van der Waals surface area contributed by atoms with Crippen molar-refractivity contribution in [2.75, 3.05) is 19.6 Å². The molecule has 3 heterocycles. The number of amides is 3. The van der Waals surface area contributed by atoms with Crippen molar-refractivity contribution in [1.29, 1.82) is 0 Å². The molecule has 12 nitrogen and oxygen atoms in total. The number of hydrogen-bond donors (Lipinski definition) is 2. The van der Waals surface area contributed by atoms with E-state index in [9.17, 15) is 28.7 Å². The molecule has 244 valence electrons. The van der Waals surface area contributed by atoms with Crippen LogP contribution in [-0.4, -0.2) is 84.2 Å². The monoisotopic (exact) mass is 675 g/mol. The molecule has 2 N–H and O–H groups in total. The number of rotatable bonds is 11. The van der Waals surface area contributed by atoms with E-state index in [0.29, 0.717) is 12.0 Å². The highest BCUT2D eigenvalue weighted by molar-refractivity contribution is 7.46. The van der Waals surface area contributed by atoms with Crippen LogP contribution < -0.4 is 4.52 Å². The van der Waals surface area contributed by atoms with Gasteiger partial charge in [-0.15, -0.1) is 17.9 Å². The van der Waals surface area contributed by atoms with E-state index in [4.69, 9.17) is 0 Å². The summed E-state index contributed by atoms with van der Waals surface area (Å²) in [5.41, 5.74) is 5.08. The van der Waals surface area contributed by atoms with Gasteiger partial charge in [-0.3, -0.25) is 24.2 Å². The summed E-state index contributed by atoms with van der Waals surface area (Å²) in [6.45, 7) is 4.34. The highest BCUT2D eigenvalue weighted by Crippen LogP contribution is 2.38. The van der Waals surface area contributed by atoms with Gasteiger partial charge in [0.2, 0.25) is 17.7 Å². The summed E-state index contributed by atoms with van der Waals surface area (Å²) in [7, 11) is -4.75. The second-order valence-electron chi connectivity index (χ2n) is 11.4. The molecule has 0 radical (unpaired) electrons. The number of hydrazine groups is 1. The molecule has 3 aromatic carbocycles. The Bertz CT molecular complexity index is 1830. The number of carbonyl (C=O) groups is 3. The van der Waals surface area contributed by atoms with E-state index < -0.39 is 20.0 Å². The number of aryl methyl sites for hydroxylation is 1. The number of piperazine rings is 1. The summed E-state index contributed by atoms with van der Waals surface area (Å²) in [4.78, 5) is 68.3. The van der Waals surface area contributed by atoms with Gasteiger partial charge in [-0.25, -0.2) is 19.6 Å². The standard InChI is InChI=1S/C33H34N5O7PS/c1-2-17-36-21-31(40)37-27(18-24-11-14-26(15-12-24)45-46(42,43)44)33(41)35(19-25-9-6-10-28-32(25)34-22-47-28)20-29(37)38(36)30(39)16-13-23-7-4-3-5-8-23/h2-12,14-15,22,27,29H,1,13,16-21H2,(H2,42,43,44)/t27-,29-/m0/s1. The predicted octanol–water partition coefficient (Wildman–Crippen LogP) is 3.75. The van der Waals surface area contributed by atoms with Crippen molar-refractivity contribution in [3.05, 3.63) is 108 Å². The van der Waals surface area contributed by atoms with Crippen molar-refractivity contribution in [1.82, 2.24) is 24.8 Å².